The molecule has 6 nitrogen and oxygen atoms in total. The predicted octanol–water partition coefficient (Wildman–Crippen LogP) is 1.81. The van der Waals surface area contributed by atoms with Crippen molar-refractivity contribution in [2.45, 2.75) is 6.92 Å². The molecular weight excluding hydrogens is 312 g/mol. The number of nitrogens with zero attached hydrogens (tertiary/aromatic N) is 2. The van der Waals surface area contributed by atoms with Gasteiger partial charge in [0, 0.05) is 6.92 Å². The SMILES string of the molecule is COc1cc(/C=N\N2C(=O)CSC2=S)ccc1OC(C)=O. The van der Waals surface area contributed by atoms with E-state index in [1.54, 1.807) is 18.2 Å². The largest absolute Gasteiger partial charge is 0.493 e. The molecule has 21 heavy (non-hydrogen) atoms. The van der Waals surface area contributed by atoms with E-state index in [-0.39, 0.29) is 5.91 Å². The van der Waals surface area contributed by atoms with Crippen LogP contribution in [-0.2, 0) is 9.59 Å². The first-order chi connectivity index (χ1) is 10.0. The summed E-state index contributed by atoms with van der Waals surface area (Å²) in [5.74, 6) is 0.457. The number of hydrogen-bond acceptors (Lipinski definition) is 7. The zero-order valence-electron chi connectivity index (χ0n) is 11.4. The number of thioether (sulfide) groups is 1. The second kappa shape index (κ2) is 6.68. The number of ether oxygens (including phenoxy) is 2. The van der Waals surface area contributed by atoms with Crippen LogP contribution in [0.15, 0.2) is 23.3 Å². The lowest BCUT2D eigenvalue weighted by molar-refractivity contribution is -0.132. The predicted molar refractivity (Wildman–Crippen MR) is 83.8 cm³/mol. The molecule has 1 amide bonds. The summed E-state index contributed by atoms with van der Waals surface area (Å²) in [5.41, 5.74) is 0.690. The molecule has 0 atom stereocenters. The molecule has 1 saturated heterocycles. The molecular formula is C13H12N2O4S2. The van der Waals surface area contributed by atoms with Crippen molar-refractivity contribution in [3.63, 3.8) is 0 Å². The molecule has 1 aliphatic rings. The highest BCUT2D eigenvalue weighted by atomic mass is 32.2. The van der Waals surface area contributed by atoms with Crippen molar-refractivity contribution in [3.8, 4) is 11.5 Å². The van der Waals surface area contributed by atoms with Gasteiger partial charge in [0.1, 0.15) is 0 Å². The summed E-state index contributed by atoms with van der Waals surface area (Å²) >= 11 is 6.30. The molecule has 1 aromatic carbocycles. The molecule has 1 heterocycles. The summed E-state index contributed by atoms with van der Waals surface area (Å²) in [7, 11) is 1.47. The van der Waals surface area contributed by atoms with Crippen molar-refractivity contribution in [3.05, 3.63) is 23.8 Å². The summed E-state index contributed by atoms with van der Waals surface area (Å²) in [4.78, 5) is 22.5. The first-order valence-electron chi connectivity index (χ1n) is 5.91. The van der Waals surface area contributed by atoms with Crippen LogP contribution in [0.5, 0.6) is 11.5 Å². The van der Waals surface area contributed by atoms with Gasteiger partial charge in [-0.05, 0) is 23.8 Å². The van der Waals surface area contributed by atoms with Crippen LogP contribution in [0.3, 0.4) is 0 Å². The molecule has 0 unspecified atom stereocenters. The number of esters is 1. The summed E-state index contributed by atoms with van der Waals surface area (Å²) in [5, 5.41) is 5.24. The van der Waals surface area contributed by atoms with Crippen LogP contribution in [0.2, 0.25) is 0 Å². The molecule has 2 rings (SSSR count). The first-order valence-corrected chi connectivity index (χ1v) is 7.31. The Morgan fingerprint density at radius 1 is 1.48 bits per heavy atom. The van der Waals surface area contributed by atoms with E-state index in [0.717, 1.165) is 0 Å². The maximum Gasteiger partial charge on any atom is 0.308 e. The minimum Gasteiger partial charge on any atom is -0.493 e. The summed E-state index contributed by atoms with van der Waals surface area (Å²) in [6.07, 6.45) is 1.50. The molecule has 0 bridgehead atoms. The molecule has 8 heteroatoms. The normalized spacial score (nSPS) is 14.9. The Kier molecular flexibility index (Phi) is 4.92. The van der Waals surface area contributed by atoms with E-state index in [0.29, 0.717) is 27.1 Å². The van der Waals surface area contributed by atoms with Gasteiger partial charge in [-0.1, -0.05) is 24.0 Å². The number of thiocarbonyl (C=S) groups is 1. The third kappa shape index (κ3) is 3.79. The minimum atomic E-state index is -0.431. The number of methoxy groups -OCH3 is 1. The molecule has 0 aromatic heterocycles. The highest BCUT2D eigenvalue weighted by molar-refractivity contribution is 8.23. The van der Waals surface area contributed by atoms with E-state index >= 15 is 0 Å². The van der Waals surface area contributed by atoms with Crippen molar-refractivity contribution >= 4 is 46.4 Å². The minimum absolute atomic E-state index is 0.148. The molecule has 0 aliphatic carbocycles. The van der Waals surface area contributed by atoms with Crippen LogP contribution in [0.25, 0.3) is 0 Å². The van der Waals surface area contributed by atoms with Crippen molar-refractivity contribution < 1.29 is 19.1 Å². The lowest BCUT2D eigenvalue weighted by Gasteiger charge is -2.09. The molecule has 1 aliphatic heterocycles. The zero-order chi connectivity index (χ0) is 15.4. The lowest BCUT2D eigenvalue weighted by atomic mass is 10.2. The maximum absolute atomic E-state index is 11.5. The quantitative estimate of drug-likeness (QED) is 0.364. The number of hydrogen-bond donors (Lipinski definition) is 0. The Bertz CT molecular complexity index is 615. The van der Waals surface area contributed by atoms with Crippen LogP contribution < -0.4 is 9.47 Å². The smallest absolute Gasteiger partial charge is 0.308 e. The van der Waals surface area contributed by atoms with Gasteiger partial charge in [0.25, 0.3) is 5.91 Å². The Labute approximate surface area is 131 Å². The lowest BCUT2D eigenvalue weighted by Crippen LogP contribution is -2.22. The van der Waals surface area contributed by atoms with Crippen LogP contribution in [-0.4, -0.2) is 40.3 Å². The fraction of sp³-hybridized carbons (Fsp3) is 0.231. The van der Waals surface area contributed by atoms with E-state index in [9.17, 15) is 9.59 Å². The molecule has 1 aromatic rings. The Hall–Kier alpha value is -1.93. The Balaban J connectivity index is 2.19. The number of hydrazone groups is 1. The van der Waals surface area contributed by atoms with Gasteiger partial charge in [-0.3, -0.25) is 9.59 Å². The second-order valence-electron chi connectivity index (χ2n) is 4.01. The van der Waals surface area contributed by atoms with Gasteiger partial charge < -0.3 is 9.47 Å². The third-order valence-corrected chi connectivity index (χ3v) is 3.83. The summed E-state index contributed by atoms with van der Waals surface area (Å²) < 4.78 is 10.6. The number of rotatable bonds is 4. The molecule has 1 fully saturated rings. The number of amides is 1. The summed E-state index contributed by atoms with van der Waals surface area (Å²) in [6, 6.07) is 4.94. The zero-order valence-corrected chi connectivity index (χ0v) is 13.0. The van der Waals surface area contributed by atoms with Gasteiger partial charge >= 0.3 is 5.97 Å². The molecule has 0 saturated carbocycles. The molecule has 0 spiro atoms. The van der Waals surface area contributed by atoms with E-state index < -0.39 is 5.97 Å². The van der Waals surface area contributed by atoms with Gasteiger partial charge in [-0.2, -0.15) is 10.1 Å². The van der Waals surface area contributed by atoms with Crippen molar-refractivity contribution in [2.24, 2.45) is 5.10 Å². The van der Waals surface area contributed by atoms with E-state index in [2.05, 4.69) is 5.10 Å². The maximum atomic E-state index is 11.5. The number of carbonyl (C=O) groups is 2. The van der Waals surface area contributed by atoms with Crippen molar-refractivity contribution in [2.75, 3.05) is 12.9 Å². The molecule has 0 N–H and O–H groups in total. The standard InChI is InChI=1S/C13H12N2O4S2/c1-8(16)19-10-4-3-9(5-11(10)18-2)6-14-15-12(17)7-21-13(15)20/h3-6H,7H2,1-2H3/b14-6-. The number of benzene rings is 1. The summed E-state index contributed by atoms with van der Waals surface area (Å²) in [6.45, 7) is 1.31. The van der Waals surface area contributed by atoms with Crippen LogP contribution in [0, 0.1) is 0 Å². The number of carbonyl (C=O) groups excluding carboxylic acids is 2. The van der Waals surface area contributed by atoms with Crippen LogP contribution in [0.4, 0.5) is 0 Å². The highest BCUT2D eigenvalue weighted by Crippen LogP contribution is 2.28. The van der Waals surface area contributed by atoms with E-state index in [1.807, 2.05) is 0 Å². The average Bonchev–Trinajstić information content (AvgIpc) is 2.76. The first kappa shape index (κ1) is 15.5. The van der Waals surface area contributed by atoms with E-state index in [1.165, 1.54) is 37.0 Å². The molecule has 110 valence electrons. The van der Waals surface area contributed by atoms with Crippen molar-refractivity contribution in [1.82, 2.24) is 5.01 Å². The molecule has 0 radical (unpaired) electrons. The van der Waals surface area contributed by atoms with Gasteiger partial charge in [-0.25, -0.2) is 0 Å². The fourth-order valence-electron chi connectivity index (χ4n) is 1.59. The average molecular weight is 324 g/mol. The second-order valence-corrected chi connectivity index (χ2v) is 5.62. The fourth-order valence-corrected chi connectivity index (χ4v) is 2.55. The third-order valence-electron chi connectivity index (χ3n) is 2.49. The Morgan fingerprint density at radius 3 is 2.81 bits per heavy atom. The topological polar surface area (TPSA) is 68.2 Å². The monoisotopic (exact) mass is 324 g/mol. The van der Waals surface area contributed by atoms with Gasteiger partial charge in [-0.15, -0.1) is 0 Å². The van der Waals surface area contributed by atoms with Crippen molar-refractivity contribution in [1.29, 1.82) is 0 Å². The van der Waals surface area contributed by atoms with Gasteiger partial charge in [0.05, 0.1) is 19.1 Å². The van der Waals surface area contributed by atoms with Crippen LogP contribution >= 0.6 is 24.0 Å². The Morgan fingerprint density at radius 2 is 2.24 bits per heavy atom. The van der Waals surface area contributed by atoms with E-state index in [4.69, 9.17) is 21.7 Å². The van der Waals surface area contributed by atoms with Gasteiger partial charge in [0.2, 0.25) is 0 Å². The highest BCUT2D eigenvalue weighted by Gasteiger charge is 2.25. The van der Waals surface area contributed by atoms with Gasteiger partial charge in [0.15, 0.2) is 15.8 Å². The van der Waals surface area contributed by atoms with Crippen LogP contribution in [0.1, 0.15) is 12.5 Å².